The number of nitrogens with zero attached hydrogens (tertiary/aromatic N) is 1. The highest BCUT2D eigenvalue weighted by Gasteiger charge is 2.36. The molecule has 1 N–H and O–H groups in total. The van der Waals surface area contributed by atoms with Gasteiger partial charge in [0.25, 0.3) is 0 Å². The van der Waals surface area contributed by atoms with E-state index in [2.05, 4.69) is 4.98 Å². The van der Waals surface area contributed by atoms with Crippen LogP contribution in [0.2, 0.25) is 0 Å². The van der Waals surface area contributed by atoms with Crippen molar-refractivity contribution in [1.29, 1.82) is 0 Å². The van der Waals surface area contributed by atoms with Gasteiger partial charge >= 0.3 is 0 Å². The average Bonchev–Trinajstić information content (AvgIpc) is 2.57. The first-order chi connectivity index (χ1) is 11.1. The minimum atomic E-state index is -1.22. The molecule has 3 aromatic rings. The minimum Gasteiger partial charge on any atom is -0.384 e. The van der Waals surface area contributed by atoms with Gasteiger partial charge < -0.3 is 5.11 Å². The molecule has 3 rings (SSSR count). The molecule has 1 aromatic heterocycles. The fourth-order valence-electron chi connectivity index (χ4n) is 2.93. The van der Waals surface area contributed by atoms with E-state index in [-0.39, 0.29) is 11.7 Å². The number of halogens is 1. The van der Waals surface area contributed by atoms with E-state index in [1.54, 1.807) is 25.3 Å². The van der Waals surface area contributed by atoms with Crippen molar-refractivity contribution < 1.29 is 9.50 Å². The first-order valence-electron chi connectivity index (χ1n) is 7.53. The Kier molecular flexibility index (Phi) is 4.22. The number of rotatable bonds is 4. The van der Waals surface area contributed by atoms with Crippen molar-refractivity contribution in [3.8, 4) is 0 Å². The first kappa shape index (κ1) is 15.4. The molecule has 0 spiro atoms. The number of aromatic nitrogens is 1. The van der Waals surface area contributed by atoms with E-state index in [0.717, 1.165) is 11.3 Å². The summed E-state index contributed by atoms with van der Waals surface area (Å²) in [5.41, 5.74) is 1.16. The van der Waals surface area contributed by atoms with Gasteiger partial charge in [0.05, 0.1) is 17.2 Å². The fraction of sp³-hybridized carbons (Fsp3) is 0.150. The summed E-state index contributed by atoms with van der Waals surface area (Å²) < 4.78 is 13.2. The Bertz CT molecular complexity index is 715. The number of aliphatic hydroxyl groups is 1. The molecular weight excluding hydrogens is 289 g/mol. The predicted octanol–water partition coefficient (Wildman–Crippen LogP) is 4.26. The third kappa shape index (κ3) is 3.15. The highest BCUT2D eigenvalue weighted by atomic mass is 19.1. The van der Waals surface area contributed by atoms with Crippen LogP contribution in [0.4, 0.5) is 4.39 Å². The second-order valence-corrected chi connectivity index (χ2v) is 5.75. The zero-order valence-electron chi connectivity index (χ0n) is 12.9. The predicted molar refractivity (Wildman–Crippen MR) is 88.5 cm³/mol. The van der Waals surface area contributed by atoms with Crippen molar-refractivity contribution in [1.82, 2.24) is 4.98 Å². The van der Waals surface area contributed by atoms with Gasteiger partial charge in [-0.15, -0.1) is 0 Å². The molecule has 1 heterocycles. The molecule has 23 heavy (non-hydrogen) atoms. The van der Waals surface area contributed by atoms with Crippen LogP contribution in [0.15, 0.2) is 79.0 Å². The summed E-state index contributed by atoms with van der Waals surface area (Å²) in [6.45, 7) is 1.74. The Morgan fingerprint density at radius 1 is 0.913 bits per heavy atom. The average molecular weight is 307 g/mol. The van der Waals surface area contributed by atoms with Gasteiger partial charge in [0.15, 0.2) is 0 Å². The summed E-state index contributed by atoms with van der Waals surface area (Å²) in [6.07, 6.45) is 1.71. The van der Waals surface area contributed by atoms with Gasteiger partial charge in [-0.3, -0.25) is 4.98 Å². The lowest BCUT2D eigenvalue weighted by molar-refractivity contribution is 0.0380. The molecule has 0 bridgehead atoms. The molecule has 0 unspecified atom stereocenters. The zero-order chi connectivity index (χ0) is 16.3. The minimum absolute atomic E-state index is 0.321. The molecule has 0 aliphatic carbocycles. The quantitative estimate of drug-likeness (QED) is 0.781. The van der Waals surface area contributed by atoms with Gasteiger partial charge in [0.1, 0.15) is 5.82 Å². The van der Waals surface area contributed by atoms with E-state index in [0.29, 0.717) is 5.56 Å². The molecule has 3 heteroatoms. The van der Waals surface area contributed by atoms with Crippen molar-refractivity contribution in [3.63, 3.8) is 0 Å². The largest absolute Gasteiger partial charge is 0.384 e. The first-order valence-corrected chi connectivity index (χ1v) is 7.53. The normalized spacial score (nSPS) is 14.9. The second kappa shape index (κ2) is 6.31. The standard InChI is InChI=1S/C20H18FNO/c1-20(23,16-10-12-17(21)13-11-16)19(15-7-3-2-4-8-15)18-9-5-6-14-22-18/h2-14,19,23H,1H3/t19-,20+/m1/s1. The third-order valence-corrected chi connectivity index (χ3v) is 4.11. The number of benzene rings is 2. The van der Waals surface area contributed by atoms with E-state index in [9.17, 15) is 9.50 Å². The highest BCUT2D eigenvalue weighted by molar-refractivity contribution is 5.37. The lowest BCUT2D eigenvalue weighted by atomic mass is 9.76. The maximum Gasteiger partial charge on any atom is 0.123 e. The zero-order valence-corrected chi connectivity index (χ0v) is 12.9. The fourth-order valence-corrected chi connectivity index (χ4v) is 2.93. The van der Waals surface area contributed by atoms with E-state index < -0.39 is 5.60 Å². The number of pyridine rings is 1. The summed E-state index contributed by atoms with van der Waals surface area (Å²) in [5, 5.41) is 11.3. The summed E-state index contributed by atoms with van der Waals surface area (Å²) in [4.78, 5) is 4.43. The van der Waals surface area contributed by atoms with Gasteiger partial charge in [0, 0.05) is 6.20 Å². The molecule has 0 aliphatic rings. The molecule has 0 saturated carbocycles. The van der Waals surface area contributed by atoms with Crippen LogP contribution in [0, 0.1) is 5.82 Å². The van der Waals surface area contributed by atoms with Crippen LogP contribution in [-0.4, -0.2) is 10.1 Å². The van der Waals surface area contributed by atoms with Gasteiger partial charge in [0.2, 0.25) is 0 Å². The van der Waals surface area contributed by atoms with Crippen molar-refractivity contribution in [3.05, 3.63) is 102 Å². The Labute approximate surface area is 135 Å². The molecule has 0 radical (unpaired) electrons. The summed E-state index contributed by atoms with van der Waals surface area (Å²) in [6, 6.07) is 21.4. The molecule has 2 atom stereocenters. The lowest BCUT2D eigenvalue weighted by Gasteiger charge is -2.33. The Morgan fingerprint density at radius 2 is 1.57 bits per heavy atom. The van der Waals surface area contributed by atoms with Crippen LogP contribution >= 0.6 is 0 Å². The van der Waals surface area contributed by atoms with Crippen LogP contribution in [0.5, 0.6) is 0 Å². The maximum absolute atomic E-state index is 13.2. The Hall–Kier alpha value is -2.52. The summed E-state index contributed by atoms with van der Waals surface area (Å²) in [7, 11) is 0. The molecule has 0 fully saturated rings. The lowest BCUT2D eigenvalue weighted by Crippen LogP contribution is -2.31. The topological polar surface area (TPSA) is 33.1 Å². The van der Waals surface area contributed by atoms with Crippen LogP contribution in [-0.2, 0) is 5.60 Å². The summed E-state index contributed by atoms with van der Waals surface area (Å²) in [5.74, 6) is -0.672. The Morgan fingerprint density at radius 3 is 2.17 bits per heavy atom. The Balaban J connectivity index is 2.13. The van der Waals surface area contributed by atoms with E-state index in [4.69, 9.17) is 0 Å². The third-order valence-electron chi connectivity index (χ3n) is 4.11. The molecule has 0 aliphatic heterocycles. The van der Waals surface area contributed by atoms with Crippen LogP contribution in [0.25, 0.3) is 0 Å². The molecule has 116 valence electrons. The van der Waals surface area contributed by atoms with Crippen molar-refractivity contribution in [2.75, 3.05) is 0 Å². The van der Waals surface area contributed by atoms with Crippen LogP contribution < -0.4 is 0 Å². The van der Waals surface area contributed by atoms with Crippen molar-refractivity contribution >= 4 is 0 Å². The van der Waals surface area contributed by atoms with Gasteiger partial charge in [-0.25, -0.2) is 4.39 Å². The molecule has 2 aromatic carbocycles. The van der Waals surface area contributed by atoms with Crippen LogP contribution in [0.3, 0.4) is 0 Å². The van der Waals surface area contributed by atoms with E-state index in [1.807, 2.05) is 48.5 Å². The maximum atomic E-state index is 13.2. The SMILES string of the molecule is C[C@](O)(c1ccc(F)cc1)[C@H](c1ccccc1)c1ccccn1. The smallest absolute Gasteiger partial charge is 0.123 e. The van der Waals surface area contributed by atoms with Crippen LogP contribution in [0.1, 0.15) is 29.7 Å². The molecule has 0 amide bonds. The molecular formula is C20H18FNO. The second-order valence-electron chi connectivity index (χ2n) is 5.75. The van der Waals surface area contributed by atoms with E-state index in [1.165, 1.54) is 12.1 Å². The van der Waals surface area contributed by atoms with Gasteiger partial charge in [-0.2, -0.15) is 0 Å². The number of hydrogen-bond donors (Lipinski definition) is 1. The molecule has 0 saturated heterocycles. The van der Waals surface area contributed by atoms with Crippen molar-refractivity contribution in [2.24, 2.45) is 0 Å². The summed E-state index contributed by atoms with van der Waals surface area (Å²) >= 11 is 0. The van der Waals surface area contributed by atoms with Gasteiger partial charge in [-0.1, -0.05) is 48.5 Å². The van der Waals surface area contributed by atoms with E-state index >= 15 is 0 Å². The monoisotopic (exact) mass is 307 g/mol. The molecule has 2 nitrogen and oxygen atoms in total. The number of hydrogen-bond acceptors (Lipinski definition) is 2. The highest BCUT2D eigenvalue weighted by Crippen LogP contribution is 2.40. The van der Waals surface area contributed by atoms with Crippen molar-refractivity contribution in [2.45, 2.75) is 18.4 Å². The van der Waals surface area contributed by atoms with Gasteiger partial charge in [-0.05, 0) is 42.3 Å².